The van der Waals surface area contributed by atoms with E-state index in [1.54, 1.807) is 0 Å². The van der Waals surface area contributed by atoms with Crippen molar-refractivity contribution < 1.29 is 0 Å². The standard InChI is InChI=1S/C9H13N/c10-6-9-4-7-1-2-8(3-7)5-9/h7-9H,1-5H2/t7-,8+,9?. The summed E-state index contributed by atoms with van der Waals surface area (Å²) in [6.07, 6.45) is 6.64. The van der Waals surface area contributed by atoms with Crippen molar-refractivity contribution in [2.75, 3.05) is 0 Å². The molecule has 2 saturated carbocycles. The van der Waals surface area contributed by atoms with Gasteiger partial charge in [0.05, 0.1) is 6.07 Å². The molecule has 54 valence electrons. The van der Waals surface area contributed by atoms with E-state index in [2.05, 4.69) is 6.07 Å². The second-order valence-corrected chi connectivity index (χ2v) is 3.84. The zero-order valence-electron chi connectivity index (χ0n) is 6.21. The average molecular weight is 135 g/mol. The highest BCUT2D eigenvalue weighted by Gasteiger charge is 2.33. The van der Waals surface area contributed by atoms with E-state index in [1.807, 2.05) is 0 Å². The number of nitriles is 1. The fourth-order valence-corrected chi connectivity index (χ4v) is 2.61. The van der Waals surface area contributed by atoms with E-state index < -0.39 is 0 Å². The minimum atomic E-state index is 0.409. The van der Waals surface area contributed by atoms with Gasteiger partial charge in [-0.05, 0) is 31.1 Å². The first-order valence-electron chi connectivity index (χ1n) is 4.28. The summed E-state index contributed by atoms with van der Waals surface area (Å²) < 4.78 is 0. The molecule has 0 aliphatic heterocycles. The molecule has 3 atom stereocenters. The molecule has 1 nitrogen and oxygen atoms in total. The van der Waals surface area contributed by atoms with Crippen molar-refractivity contribution in [2.45, 2.75) is 32.1 Å². The molecule has 0 aromatic carbocycles. The Bertz CT molecular complexity index is 156. The van der Waals surface area contributed by atoms with Crippen LogP contribution in [0.3, 0.4) is 0 Å². The van der Waals surface area contributed by atoms with E-state index in [-0.39, 0.29) is 0 Å². The predicted octanol–water partition coefficient (Wildman–Crippen LogP) is 2.34. The Morgan fingerprint density at radius 3 is 2.10 bits per heavy atom. The molecule has 2 aliphatic rings. The fourth-order valence-electron chi connectivity index (χ4n) is 2.61. The van der Waals surface area contributed by atoms with Crippen LogP contribution >= 0.6 is 0 Å². The third-order valence-corrected chi connectivity index (χ3v) is 3.07. The molecule has 2 bridgehead atoms. The van der Waals surface area contributed by atoms with Gasteiger partial charge in [0, 0.05) is 5.92 Å². The topological polar surface area (TPSA) is 23.8 Å². The van der Waals surface area contributed by atoms with Crippen molar-refractivity contribution in [2.24, 2.45) is 17.8 Å². The van der Waals surface area contributed by atoms with Gasteiger partial charge in [-0.25, -0.2) is 0 Å². The molecule has 0 amide bonds. The monoisotopic (exact) mass is 135 g/mol. The lowest BCUT2D eigenvalue weighted by Crippen LogP contribution is -2.13. The van der Waals surface area contributed by atoms with E-state index >= 15 is 0 Å². The summed E-state index contributed by atoms with van der Waals surface area (Å²) in [7, 11) is 0. The highest BCUT2D eigenvalue weighted by molar-refractivity contribution is 4.94. The number of fused-ring (bicyclic) bond motifs is 2. The molecule has 1 unspecified atom stereocenters. The van der Waals surface area contributed by atoms with E-state index in [0.717, 1.165) is 11.8 Å². The molecule has 0 heterocycles. The number of hydrogen-bond donors (Lipinski definition) is 0. The van der Waals surface area contributed by atoms with Crippen molar-refractivity contribution in [1.29, 1.82) is 5.26 Å². The first-order valence-corrected chi connectivity index (χ1v) is 4.28. The summed E-state index contributed by atoms with van der Waals surface area (Å²) in [6.45, 7) is 0. The van der Waals surface area contributed by atoms with Crippen LogP contribution in [-0.4, -0.2) is 0 Å². The van der Waals surface area contributed by atoms with E-state index in [1.165, 1.54) is 32.1 Å². The summed E-state index contributed by atoms with van der Waals surface area (Å²) in [5.41, 5.74) is 0. The van der Waals surface area contributed by atoms with Gasteiger partial charge >= 0.3 is 0 Å². The summed E-state index contributed by atoms with van der Waals surface area (Å²) in [4.78, 5) is 0. The lowest BCUT2D eigenvalue weighted by molar-refractivity contribution is 0.306. The van der Waals surface area contributed by atoms with Crippen LogP contribution in [0.15, 0.2) is 0 Å². The quantitative estimate of drug-likeness (QED) is 0.500. The Hall–Kier alpha value is -0.510. The Morgan fingerprint density at radius 1 is 1.00 bits per heavy atom. The summed E-state index contributed by atoms with van der Waals surface area (Å²) in [5.74, 6) is 2.25. The van der Waals surface area contributed by atoms with Gasteiger partial charge in [0.1, 0.15) is 0 Å². The second kappa shape index (κ2) is 2.27. The lowest BCUT2D eigenvalue weighted by atomic mass is 9.82. The Balaban J connectivity index is 2.04. The van der Waals surface area contributed by atoms with Gasteiger partial charge in [0.25, 0.3) is 0 Å². The number of nitrogens with zero attached hydrogens (tertiary/aromatic N) is 1. The molecule has 0 N–H and O–H groups in total. The SMILES string of the molecule is N#CC1C[C@H]2CC[C@@H](C1)C2. The van der Waals surface area contributed by atoms with Gasteiger partial charge in [-0.15, -0.1) is 0 Å². The second-order valence-electron chi connectivity index (χ2n) is 3.84. The highest BCUT2D eigenvalue weighted by atomic mass is 14.4. The maximum absolute atomic E-state index is 8.70. The van der Waals surface area contributed by atoms with Gasteiger partial charge in [-0.2, -0.15) is 5.26 Å². The highest BCUT2D eigenvalue weighted by Crippen LogP contribution is 2.44. The minimum Gasteiger partial charge on any atom is -0.198 e. The van der Waals surface area contributed by atoms with Gasteiger partial charge < -0.3 is 0 Å². The summed E-state index contributed by atoms with van der Waals surface area (Å²) >= 11 is 0. The van der Waals surface area contributed by atoms with Crippen LogP contribution in [0, 0.1) is 29.1 Å². The van der Waals surface area contributed by atoms with Gasteiger partial charge in [-0.3, -0.25) is 0 Å². The molecule has 0 aromatic heterocycles. The van der Waals surface area contributed by atoms with Crippen LogP contribution in [0.2, 0.25) is 0 Å². The van der Waals surface area contributed by atoms with Crippen LogP contribution < -0.4 is 0 Å². The molecule has 2 aliphatic carbocycles. The molecule has 2 rings (SSSR count). The van der Waals surface area contributed by atoms with E-state index in [9.17, 15) is 0 Å². The maximum Gasteiger partial charge on any atom is 0.0655 e. The molecule has 0 aromatic rings. The number of rotatable bonds is 0. The predicted molar refractivity (Wildman–Crippen MR) is 39.2 cm³/mol. The first-order chi connectivity index (χ1) is 4.88. The van der Waals surface area contributed by atoms with Crippen molar-refractivity contribution in [3.05, 3.63) is 0 Å². The van der Waals surface area contributed by atoms with Crippen LogP contribution in [0.5, 0.6) is 0 Å². The van der Waals surface area contributed by atoms with Crippen molar-refractivity contribution in [1.82, 2.24) is 0 Å². The van der Waals surface area contributed by atoms with Gasteiger partial charge in [-0.1, -0.05) is 12.8 Å². The normalized spacial score (nSPS) is 44.9. The smallest absolute Gasteiger partial charge is 0.0655 e. The van der Waals surface area contributed by atoms with E-state index in [0.29, 0.717) is 5.92 Å². The molecule has 10 heavy (non-hydrogen) atoms. The zero-order chi connectivity index (χ0) is 6.97. The Kier molecular flexibility index (Phi) is 1.41. The molecule has 2 fully saturated rings. The molecule has 1 heteroatoms. The molecule has 0 saturated heterocycles. The van der Waals surface area contributed by atoms with Crippen LogP contribution in [-0.2, 0) is 0 Å². The first kappa shape index (κ1) is 6.22. The molecule has 0 radical (unpaired) electrons. The fraction of sp³-hybridized carbons (Fsp3) is 0.889. The van der Waals surface area contributed by atoms with Gasteiger partial charge in [0.2, 0.25) is 0 Å². The Labute approximate surface area is 62.0 Å². The zero-order valence-corrected chi connectivity index (χ0v) is 6.21. The minimum absolute atomic E-state index is 0.409. The summed E-state index contributed by atoms with van der Waals surface area (Å²) in [6, 6.07) is 2.40. The summed E-state index contributed by atoms with van der Waals surface area (Å²) in [5, 5.41) is 8.70. The number of hydrogen-bond acceptors (Lipinski definition) is 1. The van der Waals surface area contributed by atoms with Crippen molar-refractivity contribution >= 4 is 0 Å². The third kappa shape index (κ3) is 0.923. The molecule has 0 spiro atoms. The van der Waals surface area contributed by atoms with Crippen molar-refractivity contribution in [3.63, 3.8) is 0 Å². The van der Waals surface area contributed by atoms with Crippen LogP contribution in [0.4, 0.5) is 0 Å². The lowest BCUT2D eigenvalue weighted by Gasteiger charge is -2.22. The largest absolute Gasteiger partial charge is 0.198 e. The maximum atomic E-state index is 8.70. The van der Waals surface area contributed by atoms with Crippen LogP contribution in [0.25, 0.3) is 0 Å². The average Bonchev–Trinajstić information content (AvgIpc) is 2.30. The molecular formula is C9H13N. The Morgan fingerprint density at radius 2 is 1.60 bits per heavy atom. The van der Waals surface area contributed by atoms with Crippen LogP contribution in [0.1, 0.15) is 32.1 Å². The van der Waals surface area contributed by atoms with Gasteiger partial charge in [0.15, 0.2) is 0 Å². The van der Waals surface area contributed by atoms with Crippen molar-refractivity contribution in [3.8, 4) is 6.07 Å². The van der Waals surface area contributed by atoms with E-state index in [4.69, 9.17) is 5.26 Å². The third-order valence-electron chi connectivity index (χ3n) is 3.07. The molecular weight excluding hydrogens is 122 g/mol.